The van der Waals surface area contributed by atoms with Crippen LogP contribution in [0.2, 0.25) is 0 Å². The second kappa shape index (κ2) is 10.0. The van der Waals surface area contributed by atoms with Gasteiger partial charge >= 0.3 is 0 Å². The topological polar surface area (TPSA) is 79.0 Å². The van der Waals surface area contributed by atoms with Crippen LogP contribution in [0.1, 0.15) is 41.6 Å². The van der Waals surface area contributed by atoms with Crippen molar-refractivity contribution in [2.24, 2.45) is 0 Å². The Hall–Kier alpha value is -3.38. The molecule has 0 spiro atoms. The first-order chi connectivity index (χ1) is 16.3. The Kier molecular flexibility index (Phi) is 6.53. The lowest BCUT2D eigenvalue weighted by molar-refractivity contribution is 0.0931. The Balaban J connectivity index is 0.000000332. The van der Waals surface area contributed by atoms with E-state index in [2.05, 4.69) is 51.2 Å². The zero-order chi connectivity index (χ0) is 22.5. The molecule has 1 fully saturated rings. The first-order valence-corrected chi connectivity index (χ1v) is 11.9. The third kappa shape index (κ3) is 5.01. The monoisotopic (exact) mass is 442 g/mol. The SMILES string of the molecule is C1=CCCC=C1.O=C(NC1CCCNC1)c1ccc2[nH]nc(-c3ccc4c(c3)CCO4)c2c1. The van der Waals surface area contributed by atoms with Gasteiger partial charge in [-0.3, -0.25) is 9.89 Å². The molecule has 6 rings (SSSR count). The number of aromatic nitrogens is 2. The maximum Gasteiger partial charge on any atom is 0.251 e. The summed E-state index contributed by atoms with van der Waals surface area (Å²) in [4.78, 5) is 12.7. The fourth-order valence-electron chi connectivity index (χ4n) is 4.49. The number of nitrogens with zero attached hydrogens (tertiary/aromatic N) is 1. The molecule has 0 saturated carbocycles. The zero-order valence-corrected chi connectivity index (χ0v) is 18.8. The van der Waals surface area contributed by atoms with E-state index >= 15 is 0 Å². The van der Waals surface area contributed by atoms with Crippen LogP contribution in [0.5, 0.6) is 5.75 Å². The summed E-state index contributed by atoms with van der Waals surface area (Å²) in [6, 6.07) is 12.1. The predicted molar refractivity (Wildman–Crippen MR) is 132 cm³/mol. The van der Waals surface area contributed by atoms with Crippen LogP contribution in [-0.4, -0.2) is 41.8 Å². The minimum absolute atomic E-state index is 0.0277. The molecular weight excluding hydrogens is 412 g/mol. The van der Waals surface area contributed by atoms with Gasteiger partial charge in [-0.05, 0) is 74.2 Å². The molecule has 6 nitrogen and oxygen atoms in total. The van der Waals surface area contributed by atoms with Crippen molar-refractivity contribution in [3.63, 3.8) is 0 Å². The number of aromatic amines is 1. The van der Waals surface area contributed by atoms with Crippen molar-refractivity contribution in [1.82, 2.24) is 20.8 Å². The number of H-pyrrole nitrogens is 1. The molecule has 2 aromatic carbocycles. The molecule has 3 N–H and O–H groups in total. The van der Waals surface area contributed by atoms with Crippen LogP contribution in [0, 0.1) is 0 Å². The molecule has 3 heterocycles. The minimum atomic E-state index is -0.0277. The number of allylic oxidation sites excluding steroid dienone is 4. The molecule has 1 aromatic heterocycles. The van der Waals surface area contributed by atoms with E-state index in [-0.39, 0.29) is 11.9 Å². The summed E-state index contributed by atoms with van der Waals surface area (Å²) in [6.45, 7) is 2.60. The lowest BCUT2D eigenvalue weighted by atomic mass is 10.0. The Bertz CT molecular complexity index is 1180. The maximum absolute atomic E-state index is 12.7. The summed E-state index contributed by atoms with van der Waals surface area (Å²) >= 11 is 0. The van der Waals surface area contributed by atoms with Crippen LogP contribution in [-0.2, 0) is 6.42 Å². The van der Waals surface area contributed by atoms with Crippen LogP contribution in [0.15, 0.2) is 60.7 Å². The highest BCUT2D eigenvalue weighted by atomic mass is 16.5. The third-order valence-electron chi connectivity index (χ3n) is 6.30. The van der Waals surface area contributed by atoms with Crippen LogP contribution >= 0.6 is 0 Å². The molecule has 1 saturated heterocycles. The summed E-state index contributed by atoms with van der Waals surface area (Å²) in [6.07, 6.45) is 14.0. The second-order valence-corrected chi connectivity index (χ2v) is 8.70. The summed E-state index contributed by atoms with van der Waals surface area (Å²) in [7, 11) is 0. The molecular formula is C27H30N4O2. The Morgan fingerprint density at radius 2 is 1.97 bits per heavy atom. The lowest BCUT2D eigenvalue weighted by Gasteiger charge is -2.23. The largest absolute Gasteiger partial charge is 0.493 e. The Morgan fingerprint density at radius 3 is 2.73 bits per heavy atom. The number of carbonyl (C=O) groups excluding carboxylic acids is 1. The van der Waals surface area contributed by atoms with Crippen LogP contribution in [0.25, 0.3) is 22.2 Å². The number of ether oxygens (including phenoxy) is 1. The van der Waals surface area contributed by atoms with E-state index in [9.17, 15) is 4.79 Å². The molecule has 170 valence electrons. The Labute approximate surface area is 194 Å². The highest BCUT2D eigenvalue weighted by molar-refractivity contribution is 6.01. The van der Waals surface area contributed by atoms with Crippen molar-refractivity contribution in [1.29, 1.82) is 0 Å². The molecule has 6 heteroatoms. The van der Waals surface area contributed by atoms with E-state index < -0.39 is 0 Å². The molecule has 2 aliphatic heterocycles. The van der Waals surface area contributed by atoms with Gasteiger partial charge in [-0.15, -0.1) is 0 Å². The summed E-state index contributed by atoms with van der Waals surface area (Å²) in [5.74, 6) is 0.930. The normalized spacial score (nSPS) is 18.8. The molecule has 1 unspecified atom stereocenters. The fourth-order valence-corrected chi connectivity index (χ4v) is 4.49. The van der Waals surface area contributed by atoms with Crippen molar-refractivity contribution < 1.29 is 9.53 Å². The van der Waals surface area contributed by atoms with Gasteiger partial charge in [0.25, 0.3) is 5.91 Å². The van der Waals surface area contributed by atoms with Crippen molar-refractivity contribution in [2.75, 3.05) is 19.7 Å². The third-order valence-corrected chi connectivity index (χ3v) is 6.30. The quantitative estimate of drug-likeness (QED) is 0.556. The van der Waals surface area contributed by atoms with Gasteiger partial charge in [0.05, 0.1) is 17.8 Å². The number of nitrogens with one attached hydrogen (secondary N) is 3. The van der Waals surface area contributed by atoms with Gasteiger partial charge in [-0.2, -0.15) is 5.10 Å². The summed E-state index contributed by atoms with van der Waals surface area (Å²) < 4.78 is 5.59. The molecule has 1 atom stereocenters. The summed E-state index contributed by atoms with van der Waals surface area (Å²) in [5, 5.41) is 15.0. The van der Waals surface area contributed by atoms with Gasteiger partial charge < -0.3 is 15.4 Å². The number of piperidine rings is 1. The van der Waals surface area contributed by atoms with E-state index in [0.29, 0.717) is 5.56 Å². The van der Waals surface area contributed by atoms with Crippen molar-refractivity contribution in [2.45, 2.75) is 38.1 Å². The number of benzene rings is 2. The van der Waals surface area contributed by atoms with Gasteiger partial charge in [-0.1, -0.05) is 24.3 Å². The standard InChI is InChI=1S/C21H22N4O2.C6H8/c26-21(23-16-2-1-8-22-12-16)15-3-5-18-17(11-15)20(25-24-18)14-4-6-19-13(10-14)7-9-27-19;1-2-4-6-5-3-1/h3-6,10-11,16,22H,1-2,7-9,12H2,(H,23,26)(H,24,25);1-4H,5-6H2. The van der Waals surface area contributed by atoms with Crippen molar-refractivity contribution in [3.05, 3.63) is 71.8 Å². The van der Waals surface area contributed by atoms with Crippen molar-refractivity contribution in [3.8, 4) is 17.0 Å². The van der Waals surface area contributed by atoms with Gasteiger partial charge in [0.15, 0.2) is 0 Å². The van der Waals surface area contributed by atoms with E-state index in [1.165, 1.54) is 18.4 Å². The number of hydrogen-bond donors (Lipinski definition) is 3. The number of carbonyl (C=O) groups is 1. The predicted octanol–water partition coefficient (Wildman–Crippen LogP) is 4.54. The summed E-state index contributed by atoms with van der Waals surface area (Å²) in [5.41, 5.74) is 4.72. The first kappa shape index (κ1) is 21.5. The minimum Gasteiger partial charge on any atom is -0.493 e. The lowest BCUT2D eigenvalue weighted by Crippen LogP contribution is -2.45. The van der Waals surface area contributed by atoms with Crippen LogP contribution in [0.3, 0.4) is 0 Å². The number of fused-ring (bicyclic) bond motifs is 2. The molecule has 1 aliphatic carbocycles. The molecule has 3 aromatic rings. The van der Waals surface area contributed by atoms with Crippen molar-refractivity contribution >= 4 is 16.8 Å². The number of amides is 1. The second-order valence-electron chi connectivity index (χ2n) is 8.70. The number of rotatable bonds is 3. The van der Waals surface area contributed by atoms with Crippen LogP contribution in [0.4, 0.5) is 0 Å². The van der Waals surface area contributed by atoms with E-state index in [1.807, 2.05) is 30.3 Å². The smallest absolute Gasteiger partial charge is 0.251 e. The van der Waals surface area contributed by atoms with E-state index in [1.54, 1.807) is 0 Å². The molecule has 0 radical (unpaired) electrons. The van der Waals surface area contributed by atoms with Gasteiger partial charge in [0, 0.05) is 35.5 Å². The van der Waals surface area contributed by atoms with E-state index in [0.717, 1.165) is 66.9 Å². The first-order valence-electron chi connectivity index (χ1n) is 11.9. The average Bonchev–Trinajstić information content (AvgIpc) is 3.52. The zero-order valence-electron chi connectivity index (χ0n) is 18.8. The highest BCUT2D eigenvalue weighted by Gasteiger charge is 2.19. The highest BCUT2D eigenvalue weighted by Crippen LogP contribution is 2.33. The van der Waals surface area contributed by atoms with Gasteiger partial charge in [0.1, 0.15) is 5.75 Å². The fraction of sp³-hybridized carbons (Fsp3) is 0.333. The average molecular weight is 443 g/mol. The van der Waals surface area contributed by atoms with Crippen LogP contribution < -0.4 is 15.4 Å². The van der Waals surface area contributed by atoms with Gasteiger partial charge in [-0.25, -0.2) is 0 Å². The van der Waals surface area contributed by atoms with E-state index in [4.69, 9.17) is 4.74 Å². The molecule has 1 amide bonds. The van der Waals surface area contributed by atoms with Gasteiger partial charge in [0.2, 0.25) is 0 Å². The number of hydrogen-bond acceptors (Lipinski definition) is 4. The Morgan fingerprint density at radius 1 is 1.09 bits per heavy atom. The molecule has 33 heavy (non-hydrogen) atoms. The molecule has 3 aliphatic rings. The maximum atomic E-state index is 12.7. The molecule has 0 bridgehead atoms.